The van der Waals surface area contributed by atoms with Crippen molar-refractivity contribution in [2.45, 2.75) is 71.4 Å². The fraction of sp³-hybridized carbons (Fsp3) is 1.00. The van der Waals surface area contributed by atoms with Crippen LogP contribution in [0.2, 0.25) is 0 Å². The maximum Gasteiger partial charge on any atom is 0.0519 e. The molecule has 2 heteroatoms. The first-order chi connectivity index (χ1) is 7.74. The van der Waals surface area contributed by atoms with Crippen LogP contribution in [0.4, 0.5) is 0 Å². The van der Waals surface area contributed by atoms with Gasteiger partial charge in [0.25, 0.3) is 0 Å². The van der Waals surface area contributed by atoms with Crippen molar-refractivity contribution in [3.8, 4) is 0 Å². The smallest absolute Gasteiger partial charge is 0.0519 e. The highest BCUT2D eigenvalue weighted by Crippen LogP contribution is 2.24. The zero-order valence-corrected chi connectivity index (χ0v) is 11.3. The highest BCUT2D eigenvalue weighted by atomic mass is 16.5. The van der Waals surface area contributed by atoms with Gasteiger partial charge in [-0.05, 0) is 45.6 Å². The molecule has 0 bridgehead atoms. The first kappa shape index (κ1) is 14.0. The Kier molecular flexibility index (Phi) is 7.06. The third-order valence-electron chi connectivity index (χ3n) is 3.46. The molecule has 0 heterocycles. The molecular formula is C14H29NO. The summed E-state index contributed by atoms with van der Waals surface area (Å²) in [5.41, 5.74) is 0. The first-order valence-corrected chi connectivity index (χ1v) is 7.09. The first-order valence-electron chi connectivity index (χ1n) is 7.09. The molecule has 0 aromatic heterocycles. The summed E-state index contributed by atoms with van der Waals surface area (Å²) in [7, 11) is 0. The van der Waals surface area contributed by atoms with Crippen LogP contribution in [0.5, 0.6) is 0 Å². The molecular weight excluding hydrogens is 198 g/mol. The molecule has 0 saturated heterocycles. The lowest BCUT2D eigenvalue weighted by Crippen LogP contribution is -2.38. The predicted molar refractivity (Wildman–Crippen MR) is 69.7 cm³/mol. The van der Waals surface area contributed by atoms with E-state index in [1.165, 1.54) is 38.5 Å². The van der Waals surface area contributed by atoms with Crippen LogP contribution in [0.25, 0.3) is 0 Å². The van der Waals surface area contributed by atoms with Crippen LogP contribution >= 0.6 is 0 Å². The van der Waals surface area contributed by atoms with Crippen molar-refractivity contribution < 1.29 is 4.74 Å². The van der Waals surface area contributed by atoms with E-state index in [1.54, 1.807) is 0 Å². The molecule has 0 aromatic rings. The van der Waals surface area contributed by atoms with E-state index >= 15 is 0 Å². The monoisotopic (exact) mass is 227 g/mol. The zero-order chi connectivity index (χ0) is 11.8. The summed E-state index contributed by atoms with van der Waals surface area (Å²) < 4.78 is 5.81. The molecule has 0 aromatic carbocycles. The third kappa shape index (κ3) is 5.31. The van der Waals surface area contributed by atoms with Gasteiger partial charge in [0.15, 0.2) is 0 Å². The molecule has 96 valence electrons. The van der Waals surface area contributed by atoms with Gasteiger partial charge in [-0.25, -0.2) is 0 Å². The van der Waals surface area contributed by atoms with E-state index in [0.717, 1.165) is 19.1 Å². The lowest BCUT2D eigenvalue weighted by molar-refractivity contribution is 0.0387. The molecule has 2 nitrogen and oxygen atoms in total. The van der Waals surface area contributed by atoms with Crippen molar-refractivity contribution in [1.82, 2.24) is 5.32 Å². The highest BCUT2D eigenvalue weighted by molar-refractivity contribution is 4.79. The summed E-state index contributed by atoms with van der Waals surface area (Å²) in [6, 6.07) is 0.696. The van der Waals surface area contributed by atoms with Crippen molar-refractivity contribution in [1.29, 1.82) is 0 Å². The molecule has 1 rings (SSSR count). The van der Waals surface area contributed by atoms with Crippen molar-refractivity contribution in [2.24, 2.45) is 5.92 Å². The van der Waals surface area contributed by atoms with E-state index in [9.17, 15) is 0 Å². The molecule has 1 N–H and O–H groups in total. The second-order valence-corrected chi connectivity index (χ2v) is 5.34. The van der Waals surface area contributed by atoms with Gasteiger partial charge in [0.2, 0.25) is 0 Å². The van der Waals surface area contributed by atoms with Crippen LogP contribution < -0.4 is 5.32 Å². The Morgan fingerprint density at radius 3 is 2.62 bits per heavy atom. The molecule has 1 aliphatic rings. The minimum Gasteiger partial charge on any atom is -0.378 e. The molecule has 2 unspecified atom stereocenters. The zero-order valence-electron chi connectivity index (χ0n) is 11.3. The average Bonchev–Trinajstić information content (AvgIpc) is 2.48. The van der Waals surface area contributed by atoms with Crippen molar-refractivity contribution in [2.75, 3.05) is 13.2 Å². The van der Waals surface area contributed by atoms with Gasteiger partial charge < -0.3 is 10.1 Å². The Bertz CT molecular complexity index is 170. The summed E-state index contributed by atoms with van der Waals surface area (Å²) >= 11 is 0. The van der Waals surface area contributed by atoms with Gasteiger partial charge in [-0.1, -0.05) is 26.2 Å². The number of ether oxygens (including phenoxy) is 1. The molecule has 0 aliphatic heterocycles. The Balaban J connectivity index is 2.38. The van der Waals surface area contributed by atoms with Crippen LogP contribution in [0, 0.1) is 5.92 Å². The normalized spacial score (nSPS) is 27.0. The minimum absolute atomic E-state index is 0.370. The van der Waals surface area contributed by atoms with E-state index in [0.29, 0.717) is 12.1 Å². The molecule has 2 atom stereocenters. The Morgan fingerprint density at radius 1 is 1.19 bits per heavy atom. The average molecular weight is 227 g/mol. The van der Waals surface area contributed by atoms with Gasteiger partial charge >= 0.3 is 0 Å². The van der Waals surface area contributed by atoms with Gasteiger partial charge in [0.1, 0.15) is 0 Å². The largest absolute Gasteiger partial charge is 0.378 e. The van der Waals surface area contributed by atoms with Crippen LogP contribution in [-0.4, -0.2) is 25.3 Å². The van der Waals surface area contributed by atoms with Gasteiger partial charge in [-0.15, -0.1) is 0 Å². The molecule has 1 aliphatic carbocycles. The molecule has 16 heavy (non-hydrogen) atoms. The van der Waals surface area contributed by atoms with Gasteiger partial charge in [0.05, 0.1) is 12.7 Å². The second-order valence-electron chi connectivity index (χ2n) is 5.34. The summed E-state index contributed by atoms with van der Waals surface area (Å²) in [6.45, 7) is 8.60. The van der Waals surface area contributed by atoms with Crippen LogP contribution in [0.3, 0.4) is 0 Å². The molecule has 1 fully saturated rings. The van der Waals surface area contributed by atoms with E-state index in [4.69, 9.17) is 4.74 Å². The summed E-state index contributed by atoms with van der Waals surface area (Å²) in [5.74, 6) is 0.733. The maximum atomic E-state index is 5.81. The number of hydrogen-bond donors (Lipinski definition) is 1. The standard InChI is InChI=1S/C14H29NO/c1-4-10-15-14-9-7-5-6-8-13(14)11-16-12(2)3/h12-15H,4-11H2,1-3H3. The maximum absolute atomic E-state index is 5.81. The fourth-order valence-electron chi connectivity index (χ4n) is 2.50. The number of nitrogens with one attached hydrogen (secondary N) is 1. The lowest BCUT2D eigenvalue weighted by atomic mass is 9.95. The molecule has 0 radical (unpaired) electrons. The van der Waals surface area contributed by atoms with Crippen LogP contribution in [0.1, 0.15) is 59.3 Å². The topological polar surface area (TPSA) is 21.3 Å². The Morgan fingerprint density at radius 2 is 1.94 bits per heavy atom. The van der Waals surface area contributed by atoms with Crippen molar-refractivity contribution >= 4 is 0 Å². The van der Waals surface area contributed by atoms with E-state index in [-0.39, 0.29) is 0 Å². The third-order valence-corrected chi connectivity index (χ3v) is 3.46. The highest BCUT2D eigenvalue weighted by Gasteiger charge is 2.23. The molecule has 1 saturated carbocycles. The summed E-state index contributed by atoms with van der Waals surface area (Å²) in [5, 5.41) is 3.71. The van der Waals surface area contributed by atoms with Crippen molar-refractivity contribution in [3.63, 3.8) is 0 Å². The number of hydrogen-bond acceptors (Lipinski definition) is 2. The molecule has 0 amide bonds. The Labute approximate surface area is 101 Å². The van der Waals surface area contributed by atoms with E-state index < -0.39 is 0 Å². The van der Waals surface area contributed by atoms with Gasteiger partial charge in [-0.3, -0.25) is 0 Å². The Hall–Kier alpha value is -0.0800. The quantitative estimate of drug-likeness (QED) is 0.703. The van der Waals surface area contributed by atoms with Crippen LogP contribution in [-0.2, 0) is 4.74 Å². The van der Waals surface area contributed by atoms with Crippen LogP contribution in [0.15, 0.2) is 0 Å². The second kappa shape index (κ2) is 8.08. The SMILES string of the molecule is CCCNC1CCCCCC1COC(C)C. The minimum atomic E-state index is 0.370. The lowest BCUT2D eigenvalue weighted by Gasteiger charge is -2.26. The summed E-state index contributed by atoms with van der Waals surface area (Å²) in [6.07, 6.45) is 8.46. The fourth-order valence-corrected chi connectivity index (χ4v) is 2.50. The van der Waals surface area contributed by atoms with Gasteiger partial charge in [0, 0.05) is 6.04 Å². The predicted octanol–water partition coefficient (Wildman–Crippen LogP) is 3.36. The summed E-state index contributed by atoms with van der Waals surface area (Å²) in [4.78, 5) is 0. The van der Waals surface area contributed by atoms with Gasteiger partial charge in [-0.2, -0.15) is 0 Å². The molecule has 0 spiro atoms. The van der Waals surface area contributed by atoms with E-state index in [1.807, 2.05) is 0 Å². The van der Waals surface area contributed by atoms with Crippen molar-refractivity contribution in [3.05, 3.63) is 0 Å². The van der Waals surface area contributed by atoms with E-state index in [2.05, 4.69) is 26.1 Å². The number of rotatable bonds is 6.